The van der Waals surface area contributed by atoms with E-state index >= 15 is 0 Å². The van der Waals surface area contributed by atoms with Crippen molar-refractivity contribution in [2.45, 2.75) is 38.7 Å². The first-order valence-electron chi connectivity index (χ1n) is 8.95. The van der Waals surface area contributed by atoms with Gasteiger partial charge in [-0.05, 0) is 61.3 Å². The standard InChI is InChI=1S/C20H23NO3S/c1-23-18-6-4-14(5-7-18)20-21-17(12-25-20)11-24-19(22)10-16-9-13-2-3-15(16)8-13/h4-7,12-13,15-16H,2-3,8-11H2,1H3/t13-,15+,16+/m0/s1. The minimum atomic E-state index is -0.0726. The highest BCUT2D eigenvalue weighted by Crippen LogP contribution is 2.49. The van der Waals surface area contributed by atoms with Crippen LogP contribution in [0.25, 0.3) is 10.6 Å². The van der Waals surface area contributed by atoms with Crippen LogP contribution < -0.4 is 4.74 Å². The van der Waals surface area contributed by atoms with Crippen molar-refractivity contribution in [1.82, 2.24) is 4.98 Å². The Kier molecular flexibility index (Phi) is 4.75. The second-order valence-corrected chi connectivity index (χ2v) is 8.03. The topological polar surface area (TPSA) is 48.4 Å². The van der Waals surface area contributed by atoms with Crippen molar-refractivity contribution < 1.29 is 14.3 Å². The molecule has 0 radical (unpaired) electrons. The molecule has 132 valence electrons. The van der Waals surface area contributed by atoms with Gasteiger partial charge in [-0.2, -0.15) is 0 Å². The van der Waals surface area contributed by atoms with Gasteiger partial charge in [0, 0.05) is 17.4 Å². The van der Waals surface area contributed by atoms with Crippen molar-refractivity contribution in [2.24, 2.45) is 17.8 Å². The average molecular weight is 357 g/mol. The third kappa shape index (κ3) is 3.71. The molecule has 2 fully saturated rings. The number of aromatic nitrogens is 1. The largest absolute Gasteiger partial charge is 0.497 e. The molecule has 2 bridgehead atoms. The third-order valence-electron chi connectivity index (χ3n) is 5.58. The molecule has 2 aliphatic rings. The predicted octanol–water partition coefficient (Wildman–Crippen LogP) is 4.69. The SMILES string of the molecule is COc1ccc(-c2nc(COC(=O)C[C@H]3C[C@H]4CC[C@@H]3C4)cs2)cc1. The lowest BCUT2D eigenvalue weighted by atomic mass is 9.86. The molecule has 1 heterocycles. The molecule has 1 aromatic carbocycles. The maximum Gasteiger partial charge on any atom is 0.306 e. The molecular formula is C20H23NO3S. The Bertz CT molecular complexity index is 740. The Morgan fingerprint density at radius 3 is 2.76 bits per heavy atom. The van der Waals surface area contributed by atoms with Gasteiger partial charge in [-0.1, -0.05) is 6.42 Å². The van der Waals surface area contributed by atoms with Crippen molar-refractivity contribution in [1.29, 1.82) is 0 Å². The number of esters is 1. The van der Waals surface area contributed by atoms with Gasteiger partial charge >= 0.3 is 5.97 Å². The van der Waals surface area contributed by atoms with Crippen LogP contribution in [0.2, 0.25) is 0 Å². The predicted molar refractivity (Wildman–Crippen MR) is 97.5 cm³/mol. The number of carbonyl (C=O) groups is 1. The Balaban J connectivity index is 1.29. The number of methoxy groups -OCH3 is 1. The van der Waals surface area contributed by atoms with E-state index in [0.29, 0.717) is 12.3 Å². The maximum absolute atomic E-state index is 12.1. The first-order valence-corrected chi connectivity index (χ1v) is 9.83. The van der Waals surface area contributed by atoms with Crippen molar-refractivity contribution in [2.75, 3.05) is 7.11 Å². The van der Waals surface area contributed by atoms with Crippen molar-refractivity contribution in [3.05, 3.63) is 35.3 Å². The number of fused-ring (bicyclic) bond motifs is 2. The van der Waals surface area contributed by atoms with E-state index in [-0.39, 0.29) is 12.6 Å². The molecule has 5 heteroatoms. The van der Waals surface area contributed by atoms with Crippen LogP contribution in [0.15, 0.2) is 29.6 Å². The second kappa shape index (κ2) is 7.16. The summed E-state index contributed by atoms with van der Waals surface area (Å²) in [7, 11) is 1.65. The summed E-state index contributed by atoms with van der Waals surface area (Å²) >= 11 is 1.57. The Labute approximate surface area is 152 Å². The summed E-state index contributed by atoms with van der Waals surface area (Å²) in [6, 6.07) is 7.82. The van der Waals surface area contributed by atoms with Gasteiger partial charge in [0.2, 0.25) is 0 Å². The number of hydrogen-bond donors (Lipinski definition) is 0. The van der Waals surface area contributed by atoms with Crippen LogP contribution in [-0.2, 0) is 16.1 Å². The van der Waals surface area contributed by atoms with Crippen LogP contribution in [0.4, 0.5) is 0 Å². The van der Waals surface area contributed by atoms with Gasteiger partial charge in [0.1, 0.15) is 17.4 Å². The molecular weight excluding hydrogens is 334 g/mol. The summed E-state index contributed by atoms with van der Waals surface area (Å²) < 4.78 is 10.6. The molecule has 0 N–H and O–H groups in total. The molecule has 0 unspecified atom stereocenters. The number of nitrogens with zero attached hydrogens (tertiary/aromatic N) is 1. The minimum absolute atomic E-state index is 0.0726. The highest BCUT2D eigenvalue weighted by Gasteiger charge is 2.40. The van der Waals surface area contributed by atoms with E-state index in [1.54, 1.807) is 18.4 Å². The number of hydrogen-bond acceptors (Lipinski definition) is 5. The number of carbonyl (C=O) groups excluding carboxylic acids is 1. The van der Waals surface area contributed by atoms with Crippen LogP contribution >= 0.6 is 11.3 Å². The number of ether oxygens (including phenoxy) is 2. The van der Waals surface area contributed by atoms with E-state index in [9.17, 15) is 4.79 Å². The fourth-order valence-electron chi connectivity index (χ4n) is 4.29. The van der Waals surface area contributed by atoms with Crippen molar-refractivity contribution >= 4 is 17.3 Å². The highest BCUT2D eigenvalue weighted by molar-refractivity contribution is 7.13. The van der Waals surface area contributed by atoms with Crippen molar-refractivity contribution in [3.8, 4) is 16.3 Å². The minimum Gasteiger partial charge on any atom is -0.497 e. The summed E-state index contributed by atoms with van der Waals surface area (Å²) in [6.45, 7) is 0.270. The highest BCUT2D eigenvalue weighted by atomic mass is 32.1. The van der Waals surface area contributed by atoms with E-state index in [1.807, 2.05) is 29.6 Å². The normalized spacial score (nSPS) is 24.4. The second-order valence-electron chi connectivity index (χ2n) is 7.17. The van der Waals surface area contributed by atoms with Crippen LogP contribution in [-0.4, -0.2) is 18.1 Å². The van der Waals surface area contributed by atoms with Crippen molar-refractivity contribution in [3.63, 3.8) is 0 Å². The average Bonchev–Trinajstić information content (AvgIpc) is 3.37. The molecule has 25 heavy (non-hydrogen) atoms. The lowest BCUT2D eigenvalue weighted by Crippen LogP contribution is -2.17. The lowest BCUT2D eigenvalue weighted by molar-refractivity contribution is -0.146. The molecule has 2 saturated carbocycles. The Morgan fingerprint density at radius 2 is 2.08 bits per heavy atom. The van der Waals surface area contributed by atoms with Gasteiger partial charge in [-0.3, -0.25) is 4.79 Å². The molecule has 0 spiro atoms. The molecule has 0 amide bonds. The van der Waals surface area contributed by atoms with Gasteiger partial charge < -0.3 is 9.47 Å². The molecule has 0 saturated heterocycles. The molecule has 2 aliphatic carbocycles. The zero-order valence-electron chi connectivity index (χ0n) is 14.4. The smallest absolute Gasteiger partial charge is 0.306 e. The molecule has 4 nitrogen and oxygen atoms in total. The van der Waals surface area contributed by atoms with Gasteiger partial charge in [0.15, 0.2) is 0 Å². The fraction of sp³-hybridized carbons (Fsp3) is 0.500. The van der Waals surface area contributed by atoms with E-state index in [2.05, 4.69) is 4.98 Å². The molecule has 3 atom stereocenters. The zero-order chi connectivity index (χ0) is 17.2. The van der Waals surface area contributed by atoms with E-state index in [0.717, 1.165) is 33.9 Å². The maximum atomic E-state index is 12.1. The lowest BCUT2D eigenvalue weighted by Gasteiger charge is -2.20. The van der Waals surface area contributed by atoms with E-state index in [1.165, 1.54) is 25.7 Å². The molecule has 0 aliphatic heterocycles. The summed E-state index contributed by atoms with van der Waals surface area (Å²) in [5.41, 5.74) is 1.86. The Hall–Kier alpha value is -1.88. The van der Waals surface area contributed by atoms with Gasteiger partial charge in [0.05, 0.1) is 12.8 Å². The summed E-state index contributed by atoms with van der Waals surface area (Å²) in [5, 5.41) is 2.89. The first kappa shape index (κ1) is 16.6. The van der Waals surface area contributed by atoms with Crippen LogP contribution in [0, 0.1) is 17.8 Å². The van der Waals surface area contributed by atoms with Crippen LogP contribution in [0.3, 0.4) is 0 Å². The number of thiazole rings is 1. The summed E-state index contributed by atoms with van der Waals surface area (Å²) in [6.07, 6.45) is 5.80. The van der Waals surface area contributed by atoms with Crippen LogP contribution in [0.5, 0.6) is 5.75 Å². The van der Waals surface area contributed by atoms with E-state index < -0.39 is 0 Å². The van der Waals surface area contributed by atoms with Crippen LogP contribution in [0.1, 0.15) is 37.8 Å². The van der Waals surface area contributed by atoms with Gasteiger partial charge in [-0.25, -0.2) is 4.98 Å². The summed E-state index contributed by atoms with van der Waals surface area (Å²) in [5.74, 6) is 2.94. The number of benzene rings is 1. The van der Waals surface area contributed by atoms with Gasteiger partial charge in [0.25, 0.3) is 0 Å². The molecule has 4 rings (SSSR count). The summed E-state index contributed by atoms with van der Waals surface area (Å²) in [4.78, 5) is 16.7. The molecule has 2 aromatic rings. The fourth-order valence-corrected chi connectivity index (χ4v) is 5.10. The Morgan fingerprint density at radius 1 is 1.24 bits per heavy atom. The number of rotatable bonds is 6. The zero-order valence-corrected chi connectivity index (χ0v) is 15.3. The van der Waals surface area contributed by atoms with Gasteiger partial charge in [-0.15, -0.1) is 11.3 Å². The first-order chi connectivity index (χ1) is 12.2. The monoisotopic (exact) mass is 357 g/mol. The quantitative estimate of drug-likeness (QED) is 0.704. The molecule has 1 aromatic heterocycles. The third-order valence-corrected chi connectivity index (χ3v) is 6.52. The van der Waals surface area contributed by atoms with E-state index in [4.69, 9.17) is 9.47 Å².